The number of piperazine rings is 1. The smallest absolute Gasteiger partial charge is 0.311 e. The lowest BCUT2D eigenvalue weighted by Crippen LogP contribution is -2.50. The molecule has 1 amide bonds. The Morgan fingerprint density at radius 3 is 2.80 bits per heavy atom. The van der Waals surface area contributed by atoms with Crippen LogP contribution in [0.5, 0.6) is 0 Å². The highest BCUT2D eigenvalue weighted by Gasteiger charge is 2.52. The number of fused-ring (bicyclic) bond motifs is 2. The predicted octanol–water partition coefficient (Wildman–Crippen LogP) is 3.35. The zero-order chi connectivity index (χ0) is 20.9. The Labute approximate surface area is 178 Å². The fourth-order valence-corrected chi connectivity index (χ4v) is 6.23. The number of carbonyl (C=O) groups excluding carboxylic acids is 2. The molecule has 162 valence electrons. The van der Waals surface area contributed by atoms with Crippen molar-refractivity contribution in [3.8, 4) is 0 Å². The Balaban J connectivity index is 1.25. The van der Waals surface area contributed by atoms with E-state index in [4.69, 9.17) is 9.15 Å². The van der Waals surface area contributed by atoms with Crippen molar-refractivity contribution in [1.82, 2.24) is 9.80 Å². The molecule has 6 heteroatoms. The van der Waals surface area contributed by atoms with Gasteiger partial charge in [0.05, 0.1) is 12.2 Å². The summed E-state index contributed by atoms with van der Waals surface area (Å²) < 4.78 is 11.1. The van der Waals surface area contributed by atoms with E-state index in [2.05, 4.69) is 24.8 Å². The molecule has 1 aromatic heterocycles. The molecule has 0 unspecified atom stereocenters. The van der Waals surface area contributed by atoms with Crippen LogP contribution < -0.4 is 0 Å². The van der Waals surface area contributed by atoms with Crippen molar-refractivity contribution in [3.05, 3.63) is 35.8 Å². The molecule has 0 N–H and O–H groups in total. The topological polar surface area (TPSA) is 63.0 Å². The lowest BCUT2D eigenvalue weighted by atomic mass is 9.59. The normalized spacial score (nSPS) is 36.7. The highest BCUT2D eigenvalue weighted by molar-refractivity contribution is 5.91. The summed E-state index contributed by atoms with van der Waals surface area (Å²) in [6.07, 6.45) is 8.69. The summed E-state index contributed by atoms with van der Waals surface area (Å²) in [4.78, 5) is 29.4. The third-order valence-electron chi connectivity index (χ3n) is 7.93. The Hall–Kier alpha value is -2.08. The lowest BCUT2D eigenvalue weighted by molar-refractivity contribution is -0.145. The molecule has 0 spiro atoms. The summed E-state index contributed by atoms with van der Waals surface area (Å²) in [6.45, 7) is 8.29. The van der Waals surface area contributed by atoms with Gasteiger partial charge in [-0.1, -0.05) is 31.9 Å². The summed E-state index contributed by atoms with van der Waals surface area (Å²) >= 11 is 0. The Bertz CT molecular complexity index is 839. The van der Waals surface area contributed by atoms with Gasteiger partial charge in [-0.15, -0.1) is 0 Å². The summed E-state index contributed by atoms with van der Waals surface area (Å²) in [5, 5.41) is 0. The number of rotatable bonds is 3. The van der Waals surface area contributed by atoms with Gasteiger partial charge in [-0.05, 0) is 42.7 Å². The van der Waals surface area contributed by atoms with Crippen LogP contribution >= 0.6 is 0 Å². The molecule has 2 saturated heterocycles. The number of ether oxygens (including phenoxy) is 1. The molecular weight excluding hydrogens is 380 g/mol. The van der Waals surface area contributed by atoms with Crippen molar-refractivity contribution in [3.63, 3.8) is 0 Å². The standard InChI is InChI=1S/C24H32N2O4/c1-16-5-3-7-24(2)14-21-17(13-19(16)24)18(23(28)30-21)15-25-8-10-26(11-9-25)22(27)20-6-4-12-29-20/h4,6,12-13,16-18,21H,3,5,7-11,14-15H2,1-2H3/t16-,17-,18+,21+,24-/m1/s1. The molecule has 2 aliphatic heterocycles. The van der Waals surface area contributed by atoms with Crippen molar-refractivity contribution in [2.45, 2.75) is 45.6 Å². The van der Waals surface area contributed by atoms with Crippen LogP contribution in [-0.4, -0.2) is 60.5 Å². The molecule has 3 heterocycles. The van der Waals surface area contributed by atoms with Gasteiger partial charge in [0.25, 0.3) is 5.91 Å². The van der Waals surface area contributed by atoms with Gasteiger partial charge in [-0.2, -0.15) is 0 Å². The highest BCUT2D eigenvalue weighted by atomic mass is 16.6. The van der Waals surface area contributed by atoms with Gasteiger partial charge in [-0.3, -0.25) is 14.5 Å². The molecule has 0 bridgehead atoms. The molecule has 5 atom stereocenters. The van der Waals surface area contributed by atoms with Crippen LogP contribution in [0, 0.1) is 23.2 Å². The van der Waals surface area contributed by atoms with Gasteiger partial charge in [0.1, 0.15) is 6.10 Å². The molecule has 6 nitrogen and oxygen atoms in total. The number of amides is 1. The monoisotopic (exact) mass is 412 g/mol. The van der Waals surface area contributed by atoms with Gasteiger partial charge < -0.3 is 14.1 Å². The first kappa shape index (κ1) is 19.9. The Kier molecular flexibility index (Phi) is 5.00. The SMILES string of the molecule is C[C@@H]1CCC[C@]2(C)C[C@@H]3OC(=O)[C@@H](CN4CCN(C(=O)c5ccco5)CC4)[C@H]3C=C12. The zero-order valence-electron chi connectivity index (χ0n) is 18.0. The maximum Gasteiger partial charge on any atom is 0.311 e. The number of esters is 1. The van der Waals surface area contributed by atoms with Crippen molar-refractivity contribution in [2.24, 2.45) is 23.2 Å². The van der Waals surface area contributed by atoms with Crippen LogP contribution in [0.1, 0.15) is 50.1 Å². The largest absolute Gasteiger partial charge is 0.461 e. The summed E-state index contributed by atoms with van der Waals surface area (Å²) in [6, 6.07) is 3.45. The average molecular weight is 413 g/mol. The molecular formula is C24H32N2O4. The van der Waals surface area contributed by atoms with Crippen LogP contribution in [0.15, 0.2) is 34.5 Å². The molecule has 30 heavy (non-hydrogen) atoms. The fourth-order valence-electron chi connectivity index (χ4n) is 6.23. The van der Waals surface area contributed by atoms with Crippen LogP contribution in [-0.2, 0) is 9.53 Å². The third-order valence-corrected chi connectivity index (χ3v) is 7.93. The molecule has 4 aliphatic rings. The second-order valence-electron chi connectivity index (χ2n) is 9.91. The Morgan fingerprint density at radius 2 is 2.07 bits per heavy atom. The highest BCUT2D eigenvalue weighted by Crippen LogP contribution is 2.54. The second kappa shape index (κ2) is 7.56. The maximum atomic E-state index is 12.8. The number of carbonyl (C=O) groups is 2. The number of furan rings is 1. The van der Waals surface area contributed by atoms with Crippen LogP contribution in [0.3, 0.4) is 0 Å². The molecule has 2 aliphatic carbocycles. The van der Waals surface area contributed by atoms with Gasteiger partial charge in [0, 0.05) is 38.6 Å². The lowest BCUT2D eigenvalue weighted by Gasteiger charge is -2.46. The third kappa shape index (κ3) is 3.39. The van der Waals surface area contributed by atoms with Crippen molar-refractivity contribution < 1.29 is 18.7 Å². The van der Waals surface area contributed by atoms with Crippen molar-refractivity contribution in [1.29, 1.82) is 0 Å². The molecule has 0 aromatic carbocycles. The molecule has 0 radical (unpaired) electrons. The number of nitrogens with zero attached hydrogens (tertiary/aromatic N) is 2. The van der Waals surface area contributed by atoms with Crippen molar-refractivity contribution in [2.75, 3.05) is 32.7 Å². The van der Waals surface area contributed by atoms with Crippen LogP contribution in [0.4, 0.5) is 0 Å². The van der Waals surface area contributed by atoms with E-state index in [9.17, 15) is 9.59 Å². The van der Waals surface area contributed by atoms with Gasteiger partial charge in [-0.25, -0.2) is 0 Å². The maximum absolute atomic E-state index is 12.8. The first-order valence-corrected chi connectivity index (χ1v) is 11.4. The second-order valence-corrected chi connectivity index (χ2v) is 9.91. The molecule has 3 fully saturated rings. The van der Waals surface area contributed by atoms with E-state index < -0.39 is 0 Å². The van der Waals surface area contributed by atoms with Crippen molar-refractivity contribution >= 4 is 11.9 Å². The minimum atomic E-state index is -0.0894. The minimum Gasteiger partial charge on any atom is -0.461 e. The van der Waals surface area contributed by atoms with Crippen LogP contribution in [0.2, 0.25) is 0 Å². The van der Waals surface area contributed by atoms with E-state index >= 15 is 0 Å². The number of hydrogen-bond acceptors (Lipinski definition) is 5. The molecule has 1 saturated carbocycles. The van der Waals surface area contributed by atoms with Gasteiger partial charge >= 0.3 is 5.97 Å². The summed E-state index contributed by atoms with van der Waals surface area (Å²) in [7, 11) is 0. The van der Waals surface area contributed by atoms with E-state index in [0.29, 0.717) is 24.8 Å². The van der Waals surface area contributed by atoms with E-state index in [-0.39, 0.29) is 35.2 Å². The van der Waals surface area contributed by atoms with E-state index in [1.54, 1.807) is 17.7 Å². The Morgan fingerprint density at radius 1 is 1.27 bits per heavy atom. The number of hydrogen-bond donors (Lipinski definition) is 0. The van der Waals surface area contributed by atoms with E-state index in [1.807, 2.05) is 4.90 Å². The molecule has 5 rings (SSSR count). The van der Waals surface area contributed by atoms with Gasteiger partial charge in [0.2, 0.25) is 0 Å². The average Bonchev–Trinajstić information content (AvgIpc) is 3.35. The summed E-state index contributed by atoms with van der Waals surface area (Å²) in [5.74, 6) is 1.02. The van der Waals surface area contributed by atoms with E-state index in [1.165, 1.54) is 25.5 Å². The summed E-state index contributed by atoms with van der Waals surface area (Å²) in [5.41, 5.74) is 1.76. The quantitative estimate of drug-likeness (QED) is 0.563. The first-order valence-electron chi connectivity index (χ1n) is 11.4. The molecule has 1 aromatic rings. The first-order chi connectivity index (χ1) is 14.4. The minimum absolute atomic E-state index is 0.0309. The zero-order valence-corrected chi connectivity index (χ0v) is 18.0. The van der Waals surface area contributed by atoms with Gasteiger partial charge in [0.15, 0.2) is 5.76 Å². The van der Waals surface area contributed by atoms with Crippen LogP contribution in [0.25, 0.3) is 0 Å². The fraction of sp³-hybridized carbons (Fsp3) is 0.667. The van der Waals surface area contributed by atoms with E-state index in [0.717, 1.165) is 26.1 Å². The number of allylic oxidation sites excluding steroid dienone is 1. The predicted molar refractivity (Wildman–Crippen MR) is 112 cm³/mol.